The summed E-state index contributed by atoms with van der Waals surface area (Å²) in [7, 11) is 0. The summed E-state index contributed by atoms with van der Waals surface area (Å²) in [5.74, 6) is -0.573. The van der Waals surface area contributed by atoms with Gasteiger partial charge in [0.2, 0.25) is 0 Å². The van der Waals surface area contributed by atoms with E-state index in [1.165, 1.54) is 36.7 Å². The van der Waals surface area contributed by atoms with Gasteiger partial charge in [0.1, 0.15) is 5.82 Å². The fourth-order valence-electron chi connectivity index (χ4n) is 2.78. The van der Waals surface area contributed by atoms with E-state index >= 15 is 0 Å². The number of nitrogens with zero attached hydrogens (tertiary/aromatic N) is 1. The van der Waals surface area contributed by atoms with Gasteiger partial charge < -0.3 is 15.3 Å². The number of hydrogen-bond acceptors (Lipinski definition) is 3. The highest BCUT2D eigenvalue weighted by Crippen LogP contribution is 2.16. The SMILES string of the molecule is O=C(NCC(COCc1ccc(F)cc1)c1ccccc1)c1cc[n+]([O-])cc1. The summed E-state index contributed by atoms with van der Waals surface area (Å²) in [6.45, 7) is 1.15. The second-order valence-electron chi connectivity index (χ2n) is 6.41. The topological polar surface area (TPSA) is 65.3 Å². The molecule has 0 aliphatic rings. The van der Waals surface area contributed by atoms with E-state index in [1.54, 1.807) is 12.1 Å². The molecule has 0 aliphatic carbocycles. The Hall–Kier alpha value is -3.25. The van der Waals surface area contributed by atoms with Gasteiger partial charge in [-0.3, -0.25) is 4.79 Å². The lowest BCUT2D eigenvalue weighted by molar-refractivity contribution is -0.605. The summed E-state index contributed by atoms with van der Waals surface area (Å²) < 4.78 is 19.4. The van der Waals surface area contributed by atoms with Crippen LogP contribution in [-0.4, -0.2) is 19.1 Å². The van der Waals surface area contributed by atoms with Gasteiger partial charge in [-0.1, -0.05) is 42.5 Å². The maximum atomic E-state index is 13.0. The van der Waals surface area contributed by atoms with Crippen LogP contribution in [0, 0.1) is 11.0 Å². The average Bonchev–Trinajstić information content (AvgIpc) is 2.73. The number of benzene rings is 2. The first-order valence-corrected chi connectivity index (χ1v) is 8.96. The molecule has 6 heteroatoms. The molecule has 5 nitrogen and oxygen atoms in total. The number of amides is 1. The van der Waals surface area contributed by atoms with Crippen molar-refractivity contribution in [2.24, 2.45) is 0 Å². The number of halogens is 1. The molecule has 3 aromatic rings. The fraction of sp³-hybridized carbons (Fsp3) is 0.182. The summed E-state index contributed by atoms with van der Waals surface area (Å²) in [5, 5.41) is 14.0. The van der Waals surface area contributed by atoms with Gasteiger partial charge in [-0.05, 0) is 23.3 Å². The zero-order valence-corrected chi connectivity index (χ0v) is 15.3. The Balaban J connectivity index is 1.59. The van der Waals surface area contributed by atoms with Crippen molar-refractivity contribution in [3.63, 3.8) is 0 Å². The Bertz CT molecular complexity index is 884. The van der Waals surface area contributed by atoms with Crippen LogP contribution in [0.3, 0.4) is 0 Å². The van der Waals surface area contributed by atoms with Gasteiger partial charge in [0, 0.05) is 24.6 Å². The number of carbonyl (C=O) groups is 1. The third kappa shape index (κ3) is 5.62. The molecule has 1 amide bonds. The molecule has 0 bridgehead atoms. The van der Waals surface area contributed by atoms with E-state index in [0.29, 0.717) is 30.1 Å². The molecular formula is C22H21FN2O3. The third-order valence-electron chi connectivity index (χ3n) is 4.35. The minimum atomic E-state index is -0.281. The second-order valence-corrected chi connectivity index (χ2v) is 6.41. The molecule has 3 rings (SSSR count). The molecule has 0 saturated heterocycles. The zero-order chi connectivity index (χ0) is 19.8. The zero-order valence-electron chi connectivity index (χ0n) is 15.3. The standard InChI is InChI=1S/C22H21FN2O3/c23-21-8-6-17(7-9-21)15-28-16-20(18-4-2-1-3-5-18)14-24-22(26)19-10-12-25(27)13-11-19/h1-13,20H,14-16H2,(H,24,26). The van der Waals surface area contributed by atoms with E-state index in [-0.39, 0.29) is 17.6 Å². The van der Waals surface area contributed by atoms with Crippen LogP contribution in [0.4, 0.5) is 4.39 Å². The van der Waals surface area contributed by atoms with E-state index in [0.717, 1.165) is 11.1 Å². The number of hydrogen-bond donors (Lipinski definition) is 1. The maximum Gasteiger partial charge on any atom is 0.251 e. The molecule has 0 spiro atoms. The van der Waals surface area contributed by atoms with Gasteiger partial charge in [-0.25, -0.2) is 4.39 Å². The molecule has 1 N–H and O–H groups in total. The Labute approximate surface area is 163 Å². The van der Waals surface area contributed by atoms with Gasteiger partial charge in [0.25, 0.3) is 5.91 Å². The van der Waals surface area contributed by atoms with Crippen molar-refractivity contribution in [2.75, 3.05) is 13.2 Å². The van der Waals surface area contributed by atoms with Crippen molar-refractivity contribution in [2.45, 2.75) is 12.5 Å². The minimum Gasteiger partial charge on any atom is -0.619 e. The second kappa shape index (κ2) is 9.62. The van der Waals surface area contributed by atoms with Gasteiger partial charge in [-0.15, -0.1) is 0 Å². The molecule has 0 fully saturated rings. The Morgan fingerprint density at radius 3 is 2.39 bits per heavy atom. The van der Waals surface area contributed by atoms with Gasteiger partial charge in [-0.2, -0.15) is 4.73 Å². The largest absolute Gasteiger partial charge is 0.619 e. The summed E-state index contributed by atoms with van der Waals surface area (Å²) >= 11 is 0. The first-order valence-electron chi connectivity index (χ1n) is 8.96. The molecule has 1 heterocycles. The van der Waals surface area contributed by atoms with Crippen molar-refractivity contribution < 1.29 is 18.7 Å². The van der Waals surface area contributed by atoms with E-state index in [4.69, 9.17) is 4.74 Å². The Morgan fingerprint density at radius 2 is 1.71 bits per heavy atom. The number of aromatic nitrogens is 1. The van der Waals surface area contributed by atoms with Crippen LogP contribution < -0.4 is 10.0 Å². The molecule has 1 unspecified atom stereocenters. The summed E-state index contributed by atoms with van der Waals surface area (Å²) in [5.41, 5.74) is 2.35. The van der Waals surface area contributed by atoms with E-state index < -0.39 is 0 Å². The molecule has 144 valence electrons. The molecule has 1 aromatic heterocycles. The Morgan fingerprint density at radius 1 is 1.04 bits per heavy atom. The van der Waals surface area contributed by atoms with Crippen LogP contribution in [0.25, 0.3) is 0 Å². The van der Waals surface area contributed by atoms with Crippen LogP contribution in [0.1, 0.15) is 27.4 Å². The predicted octanol–water partition coefficient (Wildman–Crippen LogP) is 3.19. The lowest BCUT2D eigenvalue weighted by Crippen LogP contribution is -2.31. The first kappa shape index (κ1) is 19.5. The van der Waals surface area contributed by atoms with Gasteiger partial charge in [0.05, 0.1) is 18.8 Å². The molecular weight excluding hydrogens is 359 g/mol. The summed E-state index contributed by atoms with van der Waals surface area (Å²) in [4.78, 5) is 12.3. The highest BCUT2D eigenvalue weighted by atomic mass is 19.1. The number of rotatable bonds is 8. The number of nitrogens with one attached hydrogen (secondary N) is 1. The van der Waals surface area contributed by atoms with Crippen LogP contribution >= 0.6 is 0 Å². The molecule has 0 saturated carbocycles. The quantitative estimate of drug-likeness (QED) is 0.482. The molecule has 0 aliphatic heterocycles. The molecule has 1 atom stereocenters. The number of carbonyl (C=O) groups excluding carboxylic acids is 1. The van der Waals surface area contributed by atoms with Gasteiger partial charge >= 0.3 is 0 Å². The van der Waals surface area contributed by atoms with Crippen LogP contribution in [0.15, 0.2) is 79.1 Å². The smallest absolute Gasteiger partial charge is 0.251 e. The van der Waals surface area contributed by atoms with E-state index in [9.17, 15) is 14.4 Å². The molecule has 28 heavy (non-hydrogen) atoms. The van der Waals surface area contributed by atoms with E-state index in [1.807, 2.05) is 30.3 Å². The van der Waals surface area contributed by atoms with Crippen molar-refractivity contribution in [3.8, 4) is 0 Å². The van der Waals surface area contributed by atoms with Crippen LogP contribution in [0.5, 0.6) is 0 Å². The van der Waals surface area contributed by atoms with Crippen molar-refractivity contribution >= 4 is 5.91 Å². The highest BCUT2D eigenvalue weighted by molar-refractivity contribution is 5.93. The minimum absolute atomic E-state index is 0.0428. The number of ether oxygens (including phenoxy) is 1. The summed E-state index contributed by atoms with van der Waals surface area (Å²) in [6, 6.07) is 18.9. The fourth-order valence-corrected chi connectivity index (χ4v) is 2.78. The number of pyridine rings is 1. The normalized spacial score (nSPS) is 11.8. The van der Waals surface area contributed by atoms with Crippen molar-refractivity contribution in [1.29, 1.82) is 0 Å². The van der Waals surface area contributed by atoms with Crippen molar-refractivity contribution in [3.05, 3.63) is 107 Å². The first-order chi connectivity index (χ1) is 13.6. The molecule has 2 aromatic carbocycles. The van der Waals surface area contributed by atoms with Crippen molar-refractivity contribution in [1.82, 2.24) is 5.32 Å². The molecule has 0 radical (unpaired) electrons. The van der Waals surface area contributed by atoms with Gasteiger partial charge in [0.15, 0.2) is 12.4 Å². The third-order valence-corrected chi connectivity index (χ3v) is 4.35. The predicted molar refractivity (Wildman–Crippen MR) is 103 cm³/mol. The lowest BCUT2D eigenvalue weighted by Gasteiger charge is -2.18. The van der Waals surface area contributed by atoms with Crippen LogP contribution in [0.2, 0.25) is 0 Å². The Kier molecular flexibility index (Phi) is 6.70. The lowest BCUT2D eigenvalue weighted by atomic mass is 10.00. The maximum absolute atomic E-state index is 13.0. The van der Waals surface area contributed by atoms with E-state index in [2.05, 4.69) is 5.32 Å². The average molecular weight is 380 g/mol. The summed E-state index contributed by atoms with van der Waals surface area (Å²) in [6.07, 6.45) is 2.57. The monoisotopic (exact) mass is 380 g/mol. The van der Waals surface area contributed by atoms with Crippen LogP contribution in [-0.2, 0) is 11.3 Å². The highest BCUT2D eigenvalue weighted by Gasteiger charge is 2.15.